The third kappa shape index (κ3) is 4.78. The van der Waals surface area contributed by atoms with Gasteiger partial charge in [0.2, 0.25) is 5.91 Å². The van der Waals surface area contributed by atoms with Crippen LogP contribution >= 0.6 is 0 Å². The monoisotopic (exact) mass is 505 g/mol. The van der Waals surface area contributed by atoms with Gasteiger partial charge in [-0.15, -0.1) is 0 Å². The topological polar surface area (TPSA) is 88.2 Å². The lowest BCUT2D eigenvalue weighted by Crippen LogP contribution is -2.44. The second-order valence-electron chi connectivity index (χ2n) is 10.6. The molecule has 1 fully saturated rings. The number of rotatable bonds is 6. The molecular formula is C29H32FN3O4. The van der Waals surface area contributed by atoms with Crippen molar-refractivity contribution < 1.29 is 23.7 Å². The number of hydrogen-bond donors (Lipinski definition) is 1. The van der Waals surface area contributed by atoms with Crippen molar-refractivity contribution in [1.82, 2.24) is 10.1 Å². The Morgan fingerprint density at radius 3 is 2.57 bits per heavy atom. The Morgan fingerprint density at radius 1 is 1.19 bits per heavy atom. The lowest BCUT2D eigenvalue weighted by atomic mass is 9.87. The third-order valence-corrected chi connectivity index (χ3v) is 7.40. The Balaban J connectivity index is 1.35. The molecule has 2 aromatic carbocycles. The number of carbonyl (C=O) groups excluding carboxylic acids is 1. The van der Waals surface area contributed by atoms with Crippen molar-refractivity contribution >= 4 is 11.6 Å². The van der Waals surface area contributed by atoms with Gasteiger partial charge in [0, 0.05) is 31.0 Å². The molecule has 0 saturated carbocycles. The van der Waals surface area contributed by atoms with E-state index in [1.54, 1.807) is 23.1 Å². The standard InChI is InChI=1S/C29H32FN3O4/c1-17(2)27(26-13-18(3)31-36-26)28(35)33-16-21(34)14-25(33)24-15-29(4,37-32-24)20-11-9-19(10-12-20)22-7-5-6-8-23(22)30/h5-13,17,21,25,27,34H,14-16H2,1-4H3/t21-,25+,27-,29+/m1/s1. The smallest absolute Gasteiger partial charge is 0.234 e. The third-order valence-electron chi connectivity index (χ3n) is 7.40. The summed E-state index contributed by atoms with van der Waals surface area (Å²) in [5.41, 5.74) is 2.94. The lowest BCUT2D eigenvalue weighted by Gasteiger charge is -2.29. The summed E-state index contributed by atoms with van der Waals surface area (Å²) in [6.07, 6.45) is 0.227. The number of hydrogen-bond acceptors (Lipinski definition) is 6. The molecule has 0 radical (unpaired) electrons. The molecule has 8 heteroatoms. The summed E-state index contributed by atoms with van der Waals surface area (Å²) in [6.45, 7) is 7.95. The summed E-state index contributed by atoms with van der Waals surface area (Å²) in [6, 6.07) is 15.7. The number of halogens is 1. The minimum absolute atomic E-state index is 0.0155. The number of likely N-dealkylation sites (tertiary alicyclic amines) is 1. The number of carbonyl (C=O) groups is 1. The van der Waals surface area contributed by atoms with Crippen LogP contribution in [0.5, 0.6) is 0 Å². The molecule has 5 rings (SSSR count). The molecule has 3 aromatic rings. The number of nitrogens with zero attached hydrogens (tertiary/aromatic N) is 3. The van der Waals surface area contributed by atoms with Crippen molar-refractivity contribution in [2.45, 2.75) is 64.2 Å². The largest absolute Gasteiger partial charge is 0.391 e. The summed E-state index contributed by atoms with van der Waals surface area (Å²) in [4.78, 5) is 21.4. The van der Waals surface area contributed by atoms with Gasteiger partial charge in [0.1, 0.15) is 17.5 Å². The zero-order valence-electron chi connectivity index (χ0n) is 21.5. The minimum Gasteiger partial charge on any atom is -0.391 e. The van der Waals surface area contributed by atoms with E-state index in [1.807, 2.05) is 58.0 Å². The van der Waals surface area contributed by atoms with Crippen molar-refractivity contribution in [3.8, 4) is 11.1 Å². The number of amides is 1. The molecule has 7 nitrogen and oxygen atoms in total. The molecule has 3 heterocycles. The van der Waals surface area contributed by atoms with Crippen LogP contribution in [0.3, 0.4) is 0 Å². The van der Waals surface area contributed by atoms with Crippen molar-refractivity contribution in [2.75, 3.05) is 6.54 Å². The van der Waals surface area contributed by atoms with Gasteiger partial charge >= 0.3 is 0 Å². The highest BCUT2D eigenvalue weighted by molar-refractivity contribution is 5.96. The maximum Gasteiger partial charge on any atom is 0.234 e. The predicted molar refractivity (Wildman–Crippen MR) is 137 cm³/mol. The molecule has 1 saturated heterocycles. The average molecular weight is 506 g/mol. The Hall–Kier alpha value is -3.52. The molecule has 2 aliphatic rings. The lowest BCUT2D eigenvalue weighted by molar-refractivity contribution is -0.134. The molecular weight excluding hydrogens is 473 g/mol. The van der Waals surface area contributed by atoms with Crippen molar-refractivity contribution in [3.05, 3.63) is 77.4 Å². The molecule has 1 amide bonds. The number of aliphatic hydroxyl groups is 1. The van der Waals surface area contributed by atoms with E-state index in [0.717, 1.165) is 22.5 Å². The zero-order valence-corrected chi connectivity index (χ0v) is 21.5. The maximum absolute atomic E-state index is 14.2. The molecule has 0 unspecified atom stereocenters. The Kier molecular flexibility index (Phi) is 6.62. The molecule has 4 atom stereocenters. The highest BCUT2D eigenvalue weighted by Crippen LogP contribution is 2.39. The van der Waals surface area contributed by atoms with Gasteiger partial charge in [-0.25, -0.2) is 4.39 Å². The summed E-state index contributed by atoms with van der Waals surface area (Å²) in [7, 11) is 0. The summed E-state index contributed by atoms with van der Waals surface area (Å²) in [5.74, 6) is -0.373. The van der Waals surface area contributed by atoms with Gasteiger partial charge in [-0.2, -0.15) is 0 Å². The van der Waals surface area contributed by atoms with Gasteiger partial charge in [-0.3, -0.25) is 4.79 Å². The molecule has 37 heavy (non-hydrogen) atoms. The number of aliphatic hydroxyl groups excluding tert-OH is 1. The predicted octanol–water partition coefficient (Wildman–Crippen LogP) is 5.18. The Labute approximate surface area is 215 Å². The van der Waals surface area contributed by atoms with Gasteiger partial charge in [0.05, 0.1) is 23.6 Å². The fraction of sp³-hybridized carbons (Fsp3) is 0.414. The van der Waals surface area contributed by atoms with Crippen LogP contribution in [0.15, 0.2) is 64.3 Å². The fourth-order valence-electron chi connectivity index (χ4n) is 5.42. The number of aromatic nitrogens is 1. The highest BCUT2D eigenvalue weighted by Gasteiger charge is 2.46. The van der Waals surface area contributed by atoms with Crippen LogP contribution in [0.4, 0.5) is 4.39 Å². The normalized spacial score (nSPS) is 24.3. The van der Waals surface area contributed by atoms with Crippen molar-refractivity contribution in [1.29, 1.82) is 0 Å². The first-order valence-electron chi connectivity index (χ1n) is 12.7. The Bertz CT molecular complexity index is 1320. The molecule has 0 spiro atoms. The zero-order chi connectivity index (χ0) is 26.3. The number of β-amino-alcohol motifs (C(OH)–C–C–N with tert-alkyl or cyclic N) is 1. The quantitative estimate of drug-likeness (QED) is 0.499. The van der Waals surface area contributed by atoms with E-state index in [-0.39, 0.29) is 30.2 Å². The first-order chi connectivity index (χ1) is 17.7. The maximum atomic E-state index is 14.2. The van der Waals surface area contributed by atoms with Gasteiger partial charge < -0.3 is 19.4 Å². The van der Waals surface area contributed by atoms with Gasteiger partial charge in [-0.1, -0.05) is 66.6 Å². The van der Waals surface area contributed by atoms with E-state index in [2.05, 4.69) is 10.3 Å². The van der Waals surface area contributed by atoms with Gasteiger partial charge in [0.25, 0.3) is 0 Å². The van der Waals surface area contributed by atoms with Crippen molar-refractivity contribution in [3.63, 3.8) is 0 Å². The van der Waals surface area contributed by atoms with Crippen LogP contribution < -0.4 is 0 Å². The number of aryl methyl sites for hydroxylation is 1. The fourth-order valence-corrected chi connectivity index (χ4v) is 5.42. The van der Waals surface area contributed by atoms with Crippen LogP contribution in [0.2, 0.25) is 0 Å². The van der Waals surface area contributed by atoms with Gasteiger partial charge in [0.15, 0.2) is 5.60 Å². The molecule has 1 N–H and O–H groups in total. The van der Waals surface area contributed by atoms with E-state index in [4.69, 9.17) is 9.36 Å². The number of oxime groups is 1. The van der Waals surface area contributed by atoms with Crippen LogP contribution in [-0.4, -0.2) is 45.5 Å². The van der Waals surface area contributed by atoms with E-state index < -0.39 is 17.6 Å². The SMILES string of the molecule is Cc1cc([C@H](C(=O)N2C[C@H](O)C[C@H]2C2=NO[C@](C)(c3ccc(-c4ccccc4F)cc3)C2)C(C)C)on1. The molecule has 194 valence electrons. The minimum atomic E-state index is -0.731. The van der Waals surface area contributed by atoms with Gasteiger partial charge in [-0.05, 0) is 37.0 Å². The summed E-state index contributed by atoms with van der Waals surface area (Å²) >= 11 is 0. The second kappa shape index (κ2) is 9.74. The Morgan fingerprint density at radius 2 is 1.92 bits per heavy atom. The van der Waals surface area contributed by atoms with Crippen molar-refractivity contribution in [2.24, 2.45) is 11.1 Å². The average Bonchev–Trinajstić information content (AvgIpc) is 3.58. The second-order valence-corrected chi connectivity index (χ2v) is 10.6. The van der Waals surface area contributed by atoms with Crippen LogP contribution in [-0.2, 0) is 15.2 Å². The highest BCUT2D eigenvalue weighted by atomic mass is 19.1. The molecule has 0 bridgehead atoms. The number of benzene rings is 2. The first-order valence-corrected chi connectivity index (χ1v) is 12.7. The summed E-state index contributed by atoms with van der Waals surface area (Å²) < 4.78 is 19.7. The van der Waals surface area contributed by atoms with Crippen LogP contribution in [0, 0.1) is 18.7 Å². The summed E-state index contributed by atoms with van der Waals surface area (Å²) in [5, 5.41) is 18.9. The molecule has 2 aliphatic heterocycles. The van der Waals surface area contributed by atoms with Crippen LogP contribution in [0.25, 0.3) is 11.1 Å². The molecule has 1 aromatic heterocycles. The molecule has 0 aliphatic carbocycles. The van der Waals surface area contributed by atoms with E-state index in [1.165, 1.54) is 6.07 Å². The van der Waals surface area contributed by atoms with E-state index >= 15 is 0 Å². The first kappa shape index (κ1) is 25.1. The van der Waals surface area contributed by atoms with E-state index in [9.17, 15) is 14.3 Å². The van der Waals surface area contributed by atoms with Crippen LogP contribution in [0.1, 0.15) is 56.5 Å². The van der Waals surface area contributed by atoms with E-state index in [0.29, 0.717) is 24.2 Å².